The van der Waals surface area contributed by atoms with Gasteiger partial charge in [-0.05, 0) is 30.3 Å². The third-order valence-electron chi connectivity index (χ3n) is 3.63. The zero-order chi connectivity index (χ0) is 16.9. The lowest BCUT2D eigenvalue weighted by atomic mass is 10.2. The first-order valence-corrected chi connectivity index (χ1v) is 7.50. The molecule has 0 aromatic heterocycles. The van der Waals surface area contributed by atoms with Crippen LogP contribution < -0.4 is 4.74 Å². The first-order valence-electron chi connectivity index (χ1n) is 7.50. The molecule has 6 heteroatoms. The van der Waals surface area contributed by atoms with Gasteiger partial charge in [-0.3, -0.25) is 0 Å². The molecule has 0 aliphatic carbocycles. The van der Waals surface area contributed by atoms with Crippen molar-refractivity contribution in [3.05, 3.63) is 65.5 Å². The van der Waals surface area contributed by atoms with Gasteiger partial charge < -0.3 is 18.9 Å². The van der Waals surface area contributed by atoms with Gasteiger partial charge >= 0.3 is 5.97 Å². The molecule has 0 N–H and O–H groups in total. The highest BCUT2D eigenvalue weighted by Crippen LogP contribution is 2.26. The number of benzene rings is 2. The monoisotopic (exact) mass is 332 g/mol. The van der Waals surface area contributed by atoms with Crippen molar-refractivity contribution in [2.75, 3.05) is 20.3 Å². The maximum absolute atomic E-state index is 13.7. The molecule has 1 aliphatic heterocycles. The molecule has 0 unspecified atom stereocenters. The first kappa shape index (κ1) is 16.4. The molecule has 2 aromatic carbocycles. The van der Waals surface area contributed by atoms with Crippen LogP contribution in [0, 0.1) is 5.82 Å². The van der Waals surface area contributed by atoms with Crippen LogP contribution in [0.15, 0.2) is 48.5 Å². The molecule has 0 saturated carbocycles. The van der Waals surface area contributed by atoms with Crippen LogP contribution >= 0.6 is 0 Å². The Morgan fingerprint density at radius 1 is 1.08 bits per heavy atom. The zero-order valence-corrected chi connectivity index (χ0v) is 13.1. The lowest BCUT2D eigenvalue weighted by Crippen LogP contribution is -2.35. The number of ether oxygens (including phenoxy) is 4. The number of methoxy groups -OCH3 is 1. The predicted molar refractivity (Wildman–Crippen MR) is 83.2 cm³/mol. The summed E-state index contributed by atoms with van der Waals surface area (Å²) in [6, 6.07) is 12.8. The SMILES string of the molecule is COc1ccc(C(=O)OC2COC(c3ccccc3F)OC2)cc1. The summed E-state index contributed by atoms with van der Waals surface area (Å²) in [6.45, 7) is 0.280. The molecule has 5 nitrogen and oxygen atoms in total. The number of halogens is 1. The van der Waals surface area contributed by atoms with E-state index >= 15 is 0 Å². The van der Waals surface area contributed by atoms with Gasteiger partial charge in [0.15, 0.2) is 6.29 Å². The third-order valence-corrected chi connectivity index (χ3v) is 3.63. The highest BCUT2D eigenvalue weighted by atomic mass is 19.1. The number of carbonyl (C=O) groups is 1. The van der Waals surface area contributed by atoms with Gasteiger partial charge in [-0.2, -0.15) is 0 Å². The Hall–Kier alpha value is -2.44. The zero-order valence-electron chi connectivity index (χ0n) is 13.1. The summed E-state index contributed by atoms with van der Waals surface area (Å²) in [7, 11) is 1.55. The summed E-state index contributed by atoms with van der Waals surface area (Å²) in [5.41, 5.74) is 0.740. The van der Waals surface area contributed by atoms with Crippen LogP contribution in [-0.4, -0.2) is 32.4 Å². The van der Waals surface area contributed by atoms with Gasteiger partial charge in [0.05, 0.1) is 25.9 Å². The molecule has 24 heavy (non-hydrogen) atoms. The standard InChI is InChI=1S/C18H17FO5/c1-21-13-8-6-12(7-9-13)17(20)24-14-10-22-18(23-11-14)15-4-2-3-5-16(15)19/h2-9,14,18H,10-11H2,1H3. The van der Waals surface area contributed by atoms with Crippen LogP contribution in [0.5, 0.6) is 5.75 Å². The fraction of sp³-hybridized carbons (Fsp3) is 0.278. The normalized spacial score (nSPS) is 20.4. The summed E-state index contributed by atoms with van der Waals surface area (Å²) in [4.78, 5) is 12.1. The molecular weight excluding hydrogens is 315 g/mol. The summed E-state index contributed by atoms with van der Waals surface area (Å²) in [5.74, 6) is -0.209. The molecule has 2 aromatic rings. The van der Waals surface area contributed by atoms with E-state index in [9.17, 15) is 9.18 Å². The Morgan fingerprint density at radius 2 is 1.75 bits per heavy atom. The Kier molecular flexibility index (Phi) is 5.08. The lowest BCUT2D eigenvalue weighted by Gasteiger charge is -2.29. The maximum Gasteiger partial charge on any atom is 0.338 e. The molecular formula is C18H17FO5. The van der Waals surface area contributed by atoms with E-state index < -0.39 is 24.2 Å². The van der Waals surface area contributed by atoms with E-state index in [1.807, 2.05) is 0 Å². The van der Waals surface area contributed by atoms with Gasteiger partial charge in [0.2, 0.25) is 0 Å². The van der Waals surface area contributed by atoms with E-state index in [2.05, 4.69) is 0 Å². The minimum Gasteiger partial charge on any atom is -0.497 e. The van der Waals surface area contributed by atoms with Crippen molar-refractivity contribution in [2.45, 2.75) is 12.4 Å². The van der Waals surface area contributed by atoms with Crippen LogP contribution in [-0.2, 0) is 14.2 Å². The van der Waals surface area contributed by atoms with E-state index in [-0.39, 0.29) is 13.2 Å². The van der Waals surface area contributed by atoms with E-state index in [1.54, 1.807) is 49.6 Å². The maximum atomic E-state index is 13.7. The van der Waals surface area contributed by atoms with Gasteiger partial charge in [-0.25, -0.2) is 9.18 Å². The molecule has 1 fully saturated rings. The first-order chi connectivity index (χ1) is 11.7. The number of hydrogen-bond donors (Lipinski definition) is 0. The van der Waals surface area contributed by atoms with Gasteiger partial charge in [-0.1, -0.05) is 18.2 Å². The second kappa shape index (κ2) is 7.42. The fourth-order valence-electron chi connectivity index (χ4n) is 2.35. The second-order valence-corrected chi connectivity index (χ2v) is 5.28. The van der Waals surface area contributed by atoms with Crippen LogP contribution in [0.3, 0.4) is 0 Å². The van der Waals surface area contributed by atoms with Crippen LogP contribution in [0.1, 0.15) is 22.2 Å². The second-order valence-electron chi connectivity index (χ2n) is 5.28. The lowest BCUT2D eigenvalue weighted by molar-refractivity contribution is -0.221. The summed E-state index contributed by atoms with van der Waals surface area (Å²) in [5, 5.41) is 0. The topological polar surface area (TPSA) is 54.0 Å². The van der Waals surface area contributed by atoms with E-state index in [0.29, 0.717) is 16.9 Å². The average molecular weight is 332 g/mol. The molecule has 0 atom stereocenters. The molecule has 1 heterocycles. The molecule has 1 saturated heterocycles. The molecule has 1 aliphatic rings. The molecule has 0 spiro atoms. The van der Waals surface area contributed by atoms with Crippen molar-refractivity contribution in [1.29, 1.82) is 0 Å². The Balaban J connectivity index is 1.55. The molecule has 0 radical (unpaired) electrons. The third kappa shape index (κ3) is 3.72. The minimum absolute atomic E-state index is 0.140. The van der Waals surface area contributed by atoms with Crippen molar-refractivity contribution in [2.24, 2.45) is 0 Å². The van der Waals surface area contributed by atoms with Crippen molar-refractivity contribution >= 4 is 5.97 Å². The van der Waals surface area contributed by atoms with Crippen molar-refractivity contribution in [3.8, 4) is 5.75 Å². The Morgan fingerprint density at radius 3 is 2.38 bits per heavy atom. The quantitative estimate of drug-likeness (QED) is 0.805. The van der Waals surface area contributed by atoms with Crippen molar-refractivity contribution in [1.82, 2.24) is 0 Å². The highest BCUT2D eigenvalue weighted by molar-refractivity contribution is 5.89. The highest BCUT2D eigenvalue weighted by Gasteiger charge is 2.28. The van der Waals surface area contributed by atoms with Gasteiger partial charge in [0.1, 0.15) is 17.7 Å². The van der Waals surface area contributed by atoms with Crippen molar-refractivity contribution in [3.63, 3.8) is 0 Å². The van der Waals surface area contributed by atoms with E-state index in [0.717, 1.165) is 0 Å². The van der Waals surface area contributed by atoms with E-state index in [4.69, 9.17) is 18.9 Å². The fourth-order valence-corrected chi connectivity index (χ4v) is 2.35. The number of esters is 1. The number of hydrogen-bond acceptors (Lipinski definition) is 5. The smallest absolute Gasteiger partial charge is 0.338 e. The number of rotatable bonds is 4. The van der Waals surface area contributed by atoms with Gasteiger partial charge in [0.25, 0.3) is 0 Å². The summed E-state index contributed by atoms with van der Waals surface area (Å²) in [6.07, 6.45) is -1.33. The van der Waals surface area contributed by atoms with Crippen LogP contribution in [0.2, 0.25) is 0 Å². The van der Waals surface area contributed by atoms with Crippen LogP contribution in [0.4, 0.5) is 4.39 Å². The molecule has 0 bridgehead atoms. The molecule has 126 valence electrons. The average Bonchev–Trinajstić information content (AvgIpc) is 2.63. The molecule has 0 amide bonds. The number of carbonyl (C=O) groups excluding carboxylic acids is 1. The minimum atomic E-state index is -0.790. The van der Waals surface area contributed by atoms with Gasteiger partial charge in [0, 0.05) is 5.56 Å². The van der Waals surface area contributed by atoms with Crippen LogP contribution in [0.25, 0.3) is 0 Å². The Bertz CT molecular complexity index is 693. The van der Waals surface area contributed by atoms with Gasteiger partial charge in [-0.15, -0.1) is 0 Å². The Labute approximate surface area is 138 Å². The summed E-state index contributed by atoms with van der Waals surface area (Å²) < 4.78 is 35.0. The molecule has 3 rings (SSSR count). The van der Waals surface area contributed by atoms with Crippen molar-refractivity contribution < 1.29 is 28.1 Å². The van der Waals surface area contributed by atoms with E-state index in [1.165, 1.54) is 6.07 Å². The predicted octanol–water partition coefficient (Wildman–Crippen LogP) is 3.11. The summed E-state index contributed by atoms with van der Waals surface area (Å²) >= 11 is 0. The largest absolute Gasteiger partial charge is 0.497 e.